The van der Waals surface area contributed by atoms with Crippen LogP contribution in [0, 0.1) is 0 Å². The van der Waals surface area contributed by atoms with Gasteiger partial charge in [-0.05, 0) is 31.0 Å². The van der Waals surface area contributed by atoms with E-state index in [9.17, 15) is 4.79 Å². The van der Waals surface area contributed by atoms with Crippen molar-refractivity contribution in [3.05, 3.63) is 39.6 Å². The van der Waals surface area contributed by atoms with Gasteiger partial charge in [-0.2, -0.15) is 5.21 Å². The quantitative estimate of drug-likeness (QED) is 0.887. The van der Waals surface area contributed by atoms with E-state index in [0.29, 0.717) is 28.7 Å². The van der Waals surface area contributed by atoms with Crippen molar-refractivity contribution < 1.29 is 4.79 Å². The molecule has 0 bridgehead atoms. The fourth-order valence-electron chi connectivity index (χ4n) is 1.70. The lowest BCUT2D eigenvalue weighted by Gasteiger charge is -2.10. The Balaban J connectivity index is 1.86. The Morgan fingerprint density at radius 1 is 1.45 bits per heavy atom. The van der Waals surface area contributed by atoms with Crippen molar-refractivity contribution in [3.63, 3.8) is 0 Å². The lowest BCUT2D eigenvalue weighted by atomic mass is 10.1. The van der Waals surface area contributed by atoms with Gasteiger partial charge in [-0.3, -0.25) is 4.79 Å². The molecule has 1 aromatic heterocycles. The number of tetrazole rings is 1. The van der Waals surface area contributed by atoms with Crippen LogP contribution in [0.15, 0.2) is 18.2 Å². The Morgan fingerprint density at radius 3 is 2.90 bits per heavy atom. The molecular weight excluding hydrogens is 301 g/mol. The molecule has 106 valence electrons. The summed E-state index contributed by atoms with van der Waals surface area (Å²) in [6.07, 6.45) is 0.865. The number of hydrogen-bond donors (Lipinski definition) is 2. The number of H-pyrrole nitrogens is 1. The predicted molar refractivity (Wildman–Crippen MR) is 75.5 cm³/mol. The summed E-state index contributed by atoms with van der Waals surface area (Å²) >= 11 is 11.9. The summed E-state index contributed by atoms with van der Waals surface area (Å²) in [5.74, 6) is 0.344. The lowest BCUT2D eigenvalue weighted by molar-refractivity contribution is -0.121. The van der Waals surface area contributed by atoms with Gasteiger partial charge in [0.25, 0.3) is 0 Å². The maximum atomic E-state index is 11.8. The van der Waals surface area contributed by atoms with Gasteiger partial charge < -0.3 is 5.32 Å². The number of nitrogens with one attached hydrogen (secondary N) is 2. The van der Waals surface area contributed by atoms with Crippen molar-refractivity contribution in [1.82, 2.24) is 25.9 Å². The van der Waals surface area contributed by atoms with E-state index in [0.717, 1.165) is 5.56 Å². The zero-order chi connectivity index (χ0) is 14.5. The molecule has 0 fully saturated rings. The molecular formula is C12H13Cl2N5O. The molecule has 0 saturated carbocycles. The number of aryl methyl sites for hydroxylation is 1. The van der Waals surface area contributed by atoms with Gasteiger partial charge in [0.1, 0.15) is 0 Å². The molecule has 0 aliphatic carbocycles. The third-order valence-corrected chi connectivity index (χ3v) is 3.35. The molecule has 2 rings (SSSR count). The Labute approximate surface area is 125 Å². The molecule has 0 saturated heterocycles. The fourth-order valence-corrected chi connectivity index (χ4v) is 2.21. The van der Waals surface area contributed by atoms with E-state index in [1.54, 1.807) is 19.1 Å². The Kier molecular flexibility index (Phi) is 4.92. The van der Waals surface area contributed by atoms with Crippen LogP contribution >= 0.6 is 23.2 Å². The van der Waals surface area contributed by atoms with Gasteiger partial charge in [0.15, 0.2) is 5.82 Å². The van der Waals surface area contributed by atoms with E-state index in [2.05, 4.69) is 25.9 Å². The number of aromatic nitrogens is 4. The Morgan fingerprint density at radius 2 is 2.25 bits per heavy atom. The number of aromatic amines is 1. The Bertz CT molecular complexity index is 588. The van der Waals surface area contributed by atoms with E-state index in [4.69, 9.17) is 23.2 Å². The van der Waals surface area contributed by atoms with E-state index >= 15 is 0 Å². The van der Waals surface area contributed by atoms with Gasteiger partial charge in [-0.25, -0.2) is 0 Å². The average molecular weight is 314 g/mol. The zero-order valence-electron chi connectivity index (χ0n) is 10.7. The van der Waals surface area contributed by atoms with E-state index in [1.807, 2.05) is 6.07 Å². The Hall–Kier alpha value is -1.66. The first-order valence-corrected chi connectivity index (χ1v) is 6.78. The molecule has 0 aliphatic heterocycles. The van der Waals surface area contributed by atoms with Crippen LogP contribution < -0.4 is 5.32 Å². The van der Waals surface area contributed by atoms with Crippen molar-refractivity contribution >= 4 is 29.1 Å². The molecule has 0 spiro atoms. The van der Waals surface area contributed by atoms with Crippen LogP contribution in [0.3, 0.4) is 0 Å². The van der Waals surface area contributed by atoms with Gasteiger partial charge in [-0.1, -0.05) is 34.5 Å². The first kappa shape index (κ1) is 14.7. The fraction of sp³-hybridized carbons (Fsp3) is 0.333. The largest absolute Gasteiger partial charge is 0.346 e. The summed E-state index contributed by atoms with van der Waals surface area (Å²) in [7, 11) is 0. The highest BCUT2D eigenvalue weighted by Crippen LogP contribution is 2.22. The van der Waals surface area contributed by atoms with Gasteiger partial charge in [-0.15, -0.1) is 10.2 Å². The second-order valence-electron chi connectivity index (χ2n) is 4.29. The molecule has 8 heteroatoms. The number of hydrogen-bond acceptors (Lipinski definition) is 4. The minimum absolute atomic E-state index is 0.103. The van der Waals surface area contributed by atoms with Crippen molar-refractivity contribution in [3.8, 4) is 0 Å². The standard InChI is InChI=1S/C12H13Cl2N5O/c1-7(12-16-18-19-17-12)15-11(20)5-3-8-2-4-9(13)6-10(8)14/h2,4,6-7H,3,5H2,1H3,(H,15,20)(H,16,17,18,19). The van der Waals surface area contributed by atoms with E-state index in [1.165, 1.54) is 0 Å². The normalized spacial score (nSPS) is 12.2. The number of halogens is 2. The van der Waals surface area contributed by atoms with Crippen LogP contribution in [0.4, 0.5) is 0 Å². The summed E-state index contributed by atoms with van der Waals surface area (Å²) in [6.45, 7) is 1.79. The maximum absolute atomic E-state index is 11.8. The van der Waals surface area contributed by atoms with Crippen LogP contribution in [0.2, 0.25) is 10.0 Å². The molecule has 0 radical (unpaired) electrons. The number of rotatable bonds is 5. The number of benzene rings is 1. The van der Waals surface area contributed by atoms with Gasteiger partial charge in [0.05, 0.1) is 6.04 Å². The van der Waals surface area contributed by atoms with Crippen LogP contribution in [-0.2, 0) is 11.2 Å². The lowest BCUT2D eigenvalue weighted by Crippen LogP contribution is -2.27. The van der Waals surface area contributed by atoms with Crippen LogP contribution in [-0.4, -0.2) is 26.5 Å². The summed E-state index contributed by atoms with van der Waals surface area (Å²) in [5, 5.41) is 17.4. The molecule has 1 heterocycles. The molecule has 20 heavy (non-hydrogen) atoms. The second kappa shape index (κ2) is 6.67. The second-order valence-corrected chi connectivity index (χ2v) is 5.14. The van der Waals surface area contributed by atoms with Gasteiger partial charge in [0.2, 0.25) is 5.91 Å². The minimum Gasteiger partial charge on any atom is -0.346 e. The number of amides is 1. The highest BCUT2D eigenvalue weighted by molar-refractivity contribution is 6.35. The molecule has 1 atom stereocenters. The smallest absolute Gasteiger partial charge is 0.220 e. The molecule has 0 aliphatic rings. The number of carbonyl (C=O) groups excluding carboxylic acids is 1. The average Bonchev–Trinajstić information content (AvgIpc) is 2.91. The molecule has 2 aromatic rings. The SMILES string of the molecule is CC(NC(=O)CCc1ccc(Cl)cc1Cl)c1nn[nH]n1. The molecule has 1 aromatic carbocycles. The maximum Gasteiger partial charge on any atom is 0.220 e. The summed E-state index contributed by atoms with van der Waals surface area (Å²) < 4.78 is 0. The third-order valence-electron chi connectivity index (χ3n) is 2.76. The minimum atomic E-state index is -0.290. The monoisotopic (exact) mass is 313 g/mol. The van der Waals surface area contributed by atoms with Crippen molar-refractivity contribution in [2.75, 3.05) is 0 Å². The summed E-state index contributed by atoms with van der Waals surface area (Å²) in [4.78, 5) is 11.8. The first-order chi connectivity index (χ1) is 9.56. The number of nitrogens with zero attached hydrogens (tertiary/aromatic N) is 3. The molecule has 1 amide bonds. The van der Waals surface area contributed by atoms with E-state index < -0.39 is 0 Å². The highest BCUT2D eigenvalue weighted by Gasteiger charge is 2.13. The highest BCUT2D eigenvalue weighted by atomic mass is 35.5. The van der Waals surface area contributed by atoms with E-state index in [-0.39, 0.29) is 11.9 Å². The number of carbonyl (C=O) groups is 1. The molecule has 2 N–H and O–H groups in total. The summed E-state index contributed by atoms with van der Waals surface area (Å²) in [5.41, 5.74) is 0.887. The topological polar surface area (TPSA) is 83.6 Å². The predicted octanol–water partition coefficient (Wildman–Crippen LogP) is 2.32. The zero-order valence-corrected chi connectivity index (χ0v) is 12.2. The van der Waals surface area contributed by atoms with Crippen LogP contribution in [0.5, 0.6) is 0 Å². The first-order valence-electron chi connectivity index (χ1n) is 6.03. The molecule has 1 unspecified atom stereocenters. The van der Waals surface area contributed by atoms with Gasteiger partial charge in [0, 0.05) is 16.5 Å². The van der Waals surface area contributed by atoms with Gasteiger partial charge >= 0.3 is 0 Å². The summed E-state index contributed by atoms with van der Waals surface area (Å²) in [6, 6.07) is 4.95. The molecule has 6 nitrogen and oxygen atoms in total. The third kappa shape index (κ3) is 3.91. The van der Waals surface area contributed by atoms with Crippen molar-refractivity contribution in [2.45, 2.75) is 25.8 Å². The van der Waals surface area contributed by atoms with Crippen LogP contribution in [0.25, 0.3) is 0 Å². The van der Waals surface area contributed by atoms with Crippen molar-refractivity contribution in [1.29, 1.82) is 0 Å². The van der Waals surface area contributed by atoms with Crippen molar-refractivity contribution in [2.24, 2.45) is 0 Å². The van der Waals surface area contributed by atoms with Crippen LogP contribution in [0.1, 0.15) is 30.8 Å².